The number of para-hydroxylation sites is 1. The highest BCUT2D eigenvalue weighted by molar-refractivity contribution is 5.87. The number of ether oxygens (including phenoxy) is 1. The molecule has 2 N–H and O–H groups in total. The van der Waals surface area contributed by atoms with Crippen molar-refractivity contribution < 1.29 is 19.1 Å². The fourth-order valence-corrected chi connectivity index (χ4v) is 2.80. The second-order valence-corrected chi connectivity index (χ2v) is 6.24. The Balaban J connectivity index is 1.74. The molecule has 1 aliphatic heterocycles. The lowest BCUT2D eigenvalue weighted by molar-refractivity contribution is 0.0816. The van der Waals surface area contributed by atoms with E-state index >= 15 is 0 Å². The molecule has 1 aromatic carbocycles. The summed E-state index contributed by atoms with van der Waals surface area (Å²) in [6.07, 6.45) is 1.92. The molecule has 0 radical (unpaired) electrons. The summed E-state index contributed by atoms with van der Waals surface area (Å²) in [6, 6.07) is 6.83. The predicted octanol–water partition coefficient (Wildman–Crippen LogP) is 3.21. The van der Waals surface area contributed by atoms with E-state index in [-0.39, 0.29) is 30.4 Å². The van der Waals surface area contributed by atoms with Crippen molar-refractivity contribution in [3.63, 3.8) is 0 Å². The number of aromatic nitrogens is 1. The number of amides is 2. The van der Waals surface area contributed by atoms with Crippen LogP contribution in [0.1, 0.15) is 29.9 Å². The van der Waals surface area contributed by atoms with E-state index in [0.29, 0.717) is 17.9 Å². The standard InChI is InChI=1S/C18H23N3O4/c1-12-13(2)25-17(19-12)20-18(23)21(11-15-7-5-9-24-15)10-14-6-3-4-8-16(14)22/h3-4,6,8,15,22H,5,7,9-11H2,1-2H3,(H,19,20,23)/t15-/m1/s1. The number of carbonyl (C=O) groups excluding carboxylic acids is 1. The van der Waals surface area contributed by atoms with Crippen LogP contribution in [0, 0.1) is 13.8 Å². The van der Waals surface area contributed by atoms with Gasteiger partial charge in [-0.2, -0.15) is 4.98 Å². The molecule has 1 aliphatic rings. The molecular formula is C18H23N3O4. The van der Waals surface area contributed by atoms with Crippen LogP contribution in [-0.4, -0.2) is 40.3 Å². The maximum absolute atomic E-state index is 12.7. The number of hydrogen-bond donors (Lipinski definition) is 2. The fourth-order valence-electron chi connectivity index (χ4n) is 2.80. The zero-order chi connectivity index (χ0) is 17.8. The number of anilines is 1. The minimum Gasteiger partial charge on any atom is -0.508 e. The van der Waals surface area contributed by atoms with Crippen molar-refractivity contribution >= 4 is 12.0 Å². The van der Waals surface area contributed by atoms with E-state index in [1.165, 1.54) is 0 Å². The highest BCUT2D eigenvalue weighted by Gasteiger charge is 2.24. The molecule has 0 unspecified atom stereocenters. The molecule has 1 atom stereocenters. The highest BCUT2D eigenvalue weighted by atomic mass is 16.5. The van der Waals surface area contributed by atoms with Crippen LogP contribution in [0.4, 0.5) is 10.8 Å². The lowest BCUT2D eigenvalue weighted by Gasteiger charge is -2.25. The molecule has 0 aliphatic carbocycles. The minimum atomic E-state index is -0.333. The second-order valence-electron chi connectivity index (χ2n) is 6.24. The number of benzene rings is 1. The molecule has 0 spiro atoms. The molecule has 1 aromatic heterocycles. The number of carbonyl (C=O) groups is 1. The lowest BCUT2D eigenvalue weighted by Crippen LogP contribution is -2.39. The SMILES string of the molecule is Cc1nc(NC(=O)N(Cc2ccccc2O)C[C@H]2CCCO2)oc1C. The number of phenolic OH excluding ortho intramolecular Hbond substituents is 1. The van der Waals surface area contributed by atoms with E-state index < -0.39 is 0 Å². The minimum absolute atomic E-state index is 0.00429. The van der Waals surface area contributed by atoms with Gasteiger partial charge in [0, 0.05) is 18.7 Å². The summed E-state index contributed by atoms with van der Waals surface area (Å²) >= 11 is 0. The Morgan fingerprint density at radius 1 is 1.40 bits per heavy atom. The molecule has 2 heterocycles. The van der Waals surface area contributed by atoms with Crippen LogP contribution >= 0.6 is 0 Å². The topological polar surface area (TPSA) is 87.8 Å². The predicted molar refractivity (Wildman–Crippen MR) is 92.5 cm³/mol. The zero-order valence-electron chi connectivity index (χ0n) is 14.5. The number of aromatic hydroxyl groups is 1. The van der Waals surface area contributed by atoms with Crippen molar-refractivity contribution in [3.8, 4) is 5.75 Å². The number of nitrogens with zero attached hydrogens (tertiary/aromatic N) is 2. The second kappa shape index (κ2) is 7.57. The number of phenols is 1. The third-order valence-corrected chi connectivity index (χ3v) is 4.33. The molecule has 7 heteroatoms. The summed E-state index contributed by atoms with van der Waals surface area (Å²) < 4.78 is 11.1. The van der Waals surface area contributed by atoms with Crippen molar-refractivity contribution in [1.82, 2.24) is 9.88 Å². The Morgan fingerprint density at radius 3 is 2.84 bits per heavy atom. The van der Waals surface area contributed by atoms with Crippen molar-refractivity contribution in [3.05, 3.63) is 41.3 Å². The Labute approximate surface area is 146 Å². The summed E-state index contributed by atoms with van der Waals surface area (Å²) in [6.45, 7) is 5.05. The molecule has 0 bridgehead atoms. The van der Waals surface area contributed by atoms with Crippen molar-refractivity contribution in [2.45, 2.75) is 39.3 Å². The van der Waals surface area contributed by atoms with Gasteiger partial charge in [0.05, 0.1) is 18.3 Å². The van der Waals surface area contributed by atoms with Gasteiger partial charge < -0.3 is 19.2 Å². The molecule has 7 nitrogen and oxygen atoms in total. The fraction of sp³-hybridized carbons (Fsp3) is 0.444. The van der Waals surface area contributed by atoms with Crippen LogP contribution in [0.3, 0.4) is 0 Å². The van der Waals surface area contributed by atoms with Crippen LogP contribution in [-0.2, 0) is 11.3 Å². The average molecular weight is 345 g/mol. The largest absolute Gasteiger partial charge is 0.508 e. The Morgan fingerprint density at radius 2 is 2.20 bits per heavy atom. The lowest BCUT2D eigenvalue weighted by atomic mass is 10.1. The Hall–Kier alpha value is -2.54. The van der Waals surface area contributed by atoms with Crippen LogP contribution in [0.25, 0.3) is 0 Å². The number of rotatable bonds is 5. The van der Waals surface area contributed by atoms with E-state index in [9.17, 15) is 9.90 Å². The van der Waals surface area contributed by atoms with Crippen LogP contribution in [0.5, 0.6) is 5.75 Å². The molecule has 0 saturated carbocycles. The number of hydrogen-bond acceptors (Lipinski definition) is 5. The van der Waals surface area contributed by atoms with Gasteiger partial charge in [-0.05, 0) is 32.8 Å². The summed E-state index contributed by atoms with van der Waals surface area (Å²) in [5, 5.41) is 12.7. The zero-order valence-corrected chi connectivity index (χ0v) is 14.5. The van der Waals surface area contributed by atoms with Crippen LogP contribution in [0.15, 0.2) is 28.7 Å². The monoisotopic (exact) mass is 345 g/mol. The van der Waals surface area contributed by atoms with E-state index in [1.807, 2.05) is 13.0 Å². The Kier molecular flexibility index (Phi) is 5.23. The van der Waals surface area contributed by atoms with E-state index in [4.69, 9.17) is 9.15 Å². The van der Waals surface area contributed by atoms with Gasteiger partial charge in [-0.3, -0.25) is 5.32 Å². The first-order chi connectivity index (χ1) is 12.0. The normalized spacial score (nSPS) is 16.8. The van der Waals surface area contributed by atoms with Crippen molar-refractivity contribution in [1.29, 1.82) is 0 Å². The van der Waals surface area contributed by atoms with Crippen molar-refractivity contribution in [2.75, 3.05) is 18.5 Å². The molecule has 2 amide bonds. The van der Waals surface area contributed by atoms with Gasteiger partial charge in [0.1, 0.15) is 11.5 Å². The first-order valence-corrected chi connectivity index (χ1v) is 8.41. The van der Waals surface area contributed by atoms with Crippen molar-refractivity contribution in [2.24, 2.45) is 0 Å². The quantitative estimate of drug-likeness (QED) is 0.869. The summed E-state index contributed by atoms with van der Waals surface area (Å²) in [7, 11) is 0. The first-order valence-electron chi connectivity index (χ1n) is 8.41. The van der Waals surface area contributed by atoms with E-state index in [0.717, 1.165) is 25.1 Å². The highest BCUT2D eigenvalue weighted by Crippen LogP contribution is 2.21. The van der Waals surface area contributed by atoms with Gasteiger partial charge in [0.2, 0.25) is 0 Å². The summed E-state index contributed by atoms with van der Waals surface area (Å²) in [5.74, 6) is 0.831. The maximum Gasteiger partial charge on any atom is 0.325 e. The summed E-state index contributed by atoms with van der Waals surface area (Å²) in [4.78, 5) is 18.5. The van der Waals surface area contributed by atoms with Gasteiger partial charge in [-0.25, -0.2) is 4.79 Å². The van der Waals surface area contributed by atoms with Gasteiger partial charge >= 0.3 is 12.0 Å². The first kappa shape index (κ1) is 17.3. The number of urea groups is 1. The molecule has 25 heavy (non-hydrogen) atoms. The van der Waals surface area contributed by atoms with E-state index in [1.54, 1.807) is 30.0 Å². The molecular weight excluding hydrogens is 322 g/mol. The number of oxazole rings is 1. The molecule has 3 rings (SSSR count). The smallest absolute Gasteiger partial charge is 0.325 e. The Bertz CT molecular complexity index is 718. The number of nitrogens with one attached hydrogen (secondary N) is 1. The summed E-state index contributed by atoms with van der Waals surface area (Å²) in [5.41, 5.74) is 1.41. The third kappa shape index (κ3) is 4.30. The van der Waals surface area contributed by atoms with Gasteiger partial charge in [0.25, 0.3) is 0 Å². The van der Waals surface area contributed by atoms with Crippen LogP contribution in [0.2, 0.25) is 0 Å². The van der Waals surface area contributed by atoms with Gasteiger partial charge in [-0.15, -0.1) is 0 Å². The van der Waals surface area contributed by atoms with Gasteiger partial charge in [0.15, 0.2) is 0 Å². The number of aryl methyl sites for hydroxylation is 2. The molecule has 134 valence electrons. The average Bonchev–Trinajstić information content (AvgIpc) is 3.19. The third-order valence-electron chi connectivity index (χ3n) is 4.33. The maximum atomic E-state index is 12.7. The van der Waals surface area contributed by atoms with Crippen LogP contribution < -0.4 is 5.32 Å². The van der Waals surface area contributed by atoms with Gasteiger partial charge in [-0.1, -0.05) is 18.2 Å². The molecule has 1 saturated heterocycles. The van der Waals surface area contributed by atoms with E-state index in [2.05, 4.69) is 10.3 Å². The molecule has 1 fully saturated rings. The molecule has 2 aromatic rings.